The van der Waals surface area contributed by atoms with Crippen LogP contribution >= 0.6 is 0 Å². The Kier molecular flexibility index (Phi) is 6.74. The first-order valence-corrected chi connectivity index (χ1v) is 12.6. The van der Waals surface area contributed by atoms with E-state index in [9.17, 15) is 13.2 Å². The van der Waals surface area contributed by atoms with Gasteiger partial charge in [0.1, 0.15) is 0 Å². The van der Waals surface area contributed by atoms with Gasteiger partial charge < -0.3 is 9.64 Å². The van der Waals surface area contributed by atoms with Crippen LogP contribution in [-0.4, -0.2) is 75.0 Å². The summed E-state index contributed by atoms with van der Waals surface area (Å²) in [6, 6.07) is 18.6. The van der Waals surface area contributed by atoms with Gasteiger partial charge in [0.2, 0.25) is 5.91 Å². The molecule has 0 bridgehead atoms. The van der Waals surface area contributed by atoms with Crippen molar-refractivity contribution in [3.8, 4) is 0 Å². The molecule has 2 aliphatic heterocycles. The van der Waals surface area contributed by atoms with E-state index in [0.29, 0.717) is 26.1 Å². The summed E-state index contributed by atoms with van der Waals surface area (Å²) in [6.45, 7) is 2.57. The van der Waals surface area contributed by atoms with Crippen LogP contribution < -0.4 is 0 Å². The molecule has 2 aromatic rings. The number of nitrogens with zero attached hydrogens (tertiary/aromatic N) is 2. The quantitative estimate of drug-likeness (QED) is 0.658. The van der Waals surface area contributed by atoms with Gasteiger partial charge in [-0.3, -0.25) is 9.69 Å². The van der Waals surface area contributed by atoms with E-state index in [2.05, 4.69) is 47.4 Å². The number of sulfone groups is 1. The molecular weight excluding hydrogens is 412 g/mol. The summed E-state index contributed by atoms with van der Waals surface area (Å²) in [4.78, 5) is 17.2. The van der Waals surface area contributed by atoms with Crippen LogP contribution in [0.1, 0.15) is 29.0 Å². The van der Waals surface area contributed by atoms with E-state index in [1.807, 2.05) is 12.1 Å². The van der Waals surface area contributed by atoms with Crippen LogP contribution in [0.5, 0.6) is 0 Å². The summed E-state index contributed by atoms with van der Waals surface area (Å²) in [5.74, 6) is 0.392. The highest BCUT2D eigenvalue weighted by atomic mass is 32.2. The molecule has 2 atom stereocenters. The lowest BCUT2D eigenvalue weighted by atomic mass is 9.84. The second-order valence-corrected chi connectivity index (χ2v) is 10.7. The van der Waals surface area contributed by atoms with Gasteiger partial charge in [-0.15, -0.1) is 0 Å². The maximum atomic E-state index is 13.3. The number of hydrogen-bond donors (Lipinski definition) is 0. The van der Waals surface area contributed by atoms with Gasteiger partial charge in [0.25, 0.3) is 0 Å². The number of carbonyl (C=O) groups is 1. The Labute approximate surface area is 184 Å². The second-order valence-electron chi connectivity index (χ2n) is 8.47. The maximum Gasteiger partial charge on any atom is 0.237 e. The summed E-state index contributed by atoms with van der Waals surface area (Å²) < 4.78 is 29.2. The van der Waals surface area contributed by atoms with Crippen molar-refractivity contribution in [1.82, 2.24) is 9.80 Å². The van der Waals surface area contributed by atoms with E-state index in [1.165, 1.54) is 16.7 Å². The first kappa shape index (κ1) is 22.0. The van der Waals surface area contributed by atoms with Crippen molar-refractivity contribution < 1.29 is 17.9 Å². The minimum atomic E-state index is -3.07. The second kappa shape index (κ2) is 9.51. The maximum absolute atomic E-state index is 13.3. The number of rotatable bonds is 7. The summed E-state index contributed by atoms with van der Waals surface area (Å²) in [5, 5.41) is 0. The summed E-state index contributed by atoms with van der Waals surface area (Å²) in [6.07, 6.45) is 0.507. The number of hydrogen-bond acceptors (Lipinski definition) is 5. The average Bonchev–Trinajstić information content (AvgIpc) is 3.13. The van der Waals surface area contributed by atoms with Crippen molar-refractivity contribution in [3.05, 3.63) is 71.3 Å². The van der Waals surface area contributed by atoms with Crippen LogP contribution in [-0.2, 0) is 25.9 Å². The fourth-order valence-corrected chi connectivity index (χ4v) is 6.51. The molecule has 0 radical (unpaired) electrons. The van der Waals surface area contributed by atoms with Crippen LogP contribution in [0.3, 0.4) is 0 Å². The molecule has 0 aliphatic carbocycles. The predicted octanol–water partition coefficient (Wildman–Crippen LogP) is 2.30. The highest BCUT2D eigenvalue weighted by Crippen LogP contribution is 2.33. The van der Waals surface area contributed by atoms with Gasteiger partial charge in [-0.1, -0.05) is 54.6 Å². The van der Waals surface area contributed by atoms with Crippen molar-refractivity contribution in [1.29, 1.82) is 0 Å². The average molecular weight is 443 g/mol. The number of benzene rings is 2. The molecule has 0 saturated carbocycles. The van der Waals surface area contributed by atoms with Gasteiger partial charge in [0, 0.05) is 38.7 Å². The third-order valence-corrected chi connectivity index (χ3v) is 8.08. The molecule has 2 aliphatic rings. The van der Waals surface area contributed by atoms with E-state index in [4.69, 9.17) is 4.74 Å². The molecule has 1 saturated heterocycles. The van der Waals surface area contributed by atoms with E-state index in [-0.39, 0.29) is 35.9 Å². The Hall–Kier alpha value is -2.22. The zero-order valence-electron chi connectivity index (χ0n) is 17.9. The smallest absolute Gasteiger partial charge is 0.237 e. The molecule has 2 heterocycles. The van der Waals surface area contributed by atoms with Crippen molar-refractivity contribution in [2.45, 2.75) is 24.9 Å². The molecule has 7 heteroatoms. The number of amides is 1. The molecule has 0 aromatic heterocycles. The van der Waals surface area contributed by atoms with Crippen LogP contribution in [0, 0.1) is 0 Å². The van der Waals surface area contributed by atoms with Gasteiger partial charge in [-0.2, -0.15) is 0 Å². The Morgan fingerprint density at radius 2 is 1.87 bits per heavy atom. The van der Waals surface area contributed by atoms with Crippen LogP contribution in [0.25, 0.3) is 0 Å². The van der Waals surface area contributed by atoms with E-state index in [0.717, 1.165) is 6.54 Å². The molecule has 1 fully saturated rings. The molecule has 6 nitrogen and oxygen atoms in total. The molecule has 0 spiro atoms. The standard InChI is InChI=1S/C24H30N2O4S/c1-30-13-12-26(21-11-14-31(28,29)18-21)24(27)17-25-15-20-9-5-6-10-22(20)23(16-25)19-7-3-2-4-8-19/h2-10,21,23H,11-18H2,1H3. The van der Waals surface area contributed by atoms with Crippen molar-refractivity contribution in [3.63, 3.8) is 0 Å². The van der Waals surface area contributed by atoms with Crippen LogP contribution in [0.15, 0.2) is 54.6 Å². The summed E-state index contributed by atoms with van der Waals surface area (Å²) in [7, 11) is -1.47. The first-order chi connectivity index (χ1) is 15.0. The number of fused-ring (bicyclic) bond motifs is 1. The third-order valence-electron chi connectivity index (χ3n) is 6.33. The van der Waals surface area contributed by atoms with Gasteiger partial charge in [0.05, 0.1) is 24.7 Å². The van der Waals surface area contributed by atoms with Gasteiger partial charge >= 0.3 is 0 Å². The molecule has 0 N–H and O–H groups in total. The van der Waals surface area contributed by atoms with Crippen molar-refractivity contribution in [2.24, 2.45) is 0 Å². The van der Waals surface area contributed by atoms with E-state index < -0.39 is 9.84 Å². The molecule has 31 heavy (non-hydrogen) atoms. The fourth-order valence-electron chi connectivity index (χ4n) is 4.77. The molecule has 2 unspecified atom stereocenters. The lowest BCUT2D eigenvalue weighted by Gasteiger charge is -2.36. The van der Waals surface area contributed by atoms with Gasteiger partial charge in [0.15, 0.2) is 9.84 Å². The predicted molar refractivity (Wildman–Crippen MR) is 121 cm³/mol. The lowest BCUT2D eigenvalue weighted by Crippen LogP contribution is -2.48. The number of carbonyl (C=O) groups excluding carboxylic acids is 1. The monoisotopic (exact) mass is 442 g/mol. The summed E-state index contributed by atoms with van der Waals surface area (Å²) >= 11 is 0. The Morgan fingerprint density at radius 1 is 1.13 bits per heavy atom. The first-order valence-electron chi connectivity index (χ1n) is 10.8. The van der Waals surface area contributed by atoms with Crippen LogP contribution in [0.2, 0.25) is 0 Å². The zero-order valence-corrected chi connectivity index (χ0v) is 18.8. The van der Waals surface area contributed by atoms with Gasteiger partial charge in [-0.25, -0.2) is 8.42 Å². The molecule has 2 aromatic carbocycles. The van der Waals surface area contributed by atoms with Gasteiger partial charge in [-0.05, 0) is 23.1 Å². The highest BCUT2D eigenvalue weighted by molar-refractivity contribution is 7.91. The minimum absolute atomic E-state index is 0.0228. The highest BCUT2D eigenvalue weighted by Gasteiger charge is 2.36. The van der Waals surface area contributed by atoms with E-state index >= 15 is 0 Å². The molecule has 166 valence electrons. The SMILES string of the molecule is COCCN(C(=O)CN1Cc2ccccc2C(c2ccccc2)C1)C1CCS(=O)(=O)C1. The lowest BCUT2D eigenvalue weighted by molar-refractivity contribution is -0.135. The van der Waals surface area contributed by atoms with Crippen molar-refractivity contribution in [2.75, 3.05) is 44.9 Å². The Bertz CT molecular complexity index is 1010. The zero-order chi connectivity index (χ0) is 21.8. The number of ether oxygens (including phenoxy) is 1. The summed E-state index contributed by atoms with van der Waals surface area (Å²) in [5.41, 5.74) is 3.79. The fraction of sp³-hybridized carbons (Fsp3) is 0.458. The van der Waals surface area contributed by atoms with Crippen LogP contribution in [0.4, 0.5) is 0 Å². The number of methoxy groups -OCH3 is 1. The van der Waals surface area contributed by atoms with E-state index in [1.54, 1.807) is 12.0 Å². The Morgan fingerprint density at radius 3 is 2.58 bits per heavy atom. The third kappa shape index (κ3) is 5.17. The largest absolute Gasteiger partial charge is 0.383 e. The molecular formula is C24H30N2O4S. The normalized spacial score (nSPS) is 22.7. The topological polar surface area (TPSA) is 66.9 Å². The van der Waals surface area contributed by atoms with Crippen molar-refractivity contribution >= 4 is 15.7 Å². The molecule has 4 rings (SSSR count). The minimum Gasteiger partial charge on any atom is -0.383 e. The Balaban J connectivity index is 1.53. The molecule has 1 amide bonds.